The van der Waals surface area contributed by atoms with E-state index in [1.807, 2.05) is 13.0 Å². The Bertz CT molecular complexity index is 1060. The average molecular weight is 385 g/mol. The van der Waals surface area contributed by atoms with Crippen molar-refractivity contribution in [2.75, 3.05) is 12.4 Å². The quantitative estimate of drug-likeness (QED) is 0.660. The van der Waals surface area contributed by atoms with E-state index >= 15 is 0 Å². The van der Waals surface area contributed by atoms with Crippen LogP contribution in [0.2, 0.25) is 0 Å². The smallest absolute Gasteiger partial charge is 0.375 e. The molecule has 1 N–H and O–H groups in total. The first-order chi connectivity index (χ1) is 13.3. The largest absolute Gasteiger partial charge is 0.495 e. The minimum absolute atomic E-state index is 0.0617. The van der Waals surface area contributed by atoms with E-state index < -0.39 is 23.8 Å². The highest BCUT2D eigenvalue weighted by molar-refractivity contribution is 6.00. The molecule has 3 rings (SSSR count). The molecule has 0 spiro atoms. The molecule has 0 bridgehead atoms. The summed E-state index contributed by atoms with van der Waals surface area (Å²) in [6.45, 7) is 4.96. The number of rotatable bonds is 5. The van der Waals surface area contributed by atoms with E-state index in [-0.39, 0.29) is 5.76 Å². The standard InChI is InChI=1S/C21H20FNO5/c1-11-5-7-18(26-4)16(9-11)23-20(24)13(3)27-21(25)19-12(2)15-10-14(22)6-8-17(15)28-19/h5-10,13H,1-4H3,(H,23,24). The topological polar surface area (TPSA) is 77.8 Å². The van der Waals surface area contributed by atoms with Crippen molar-refractivity contribution in [2.24, 2.45) is 0 Å². The maximum Gasteiger partial charge on any atom is 0.375 e. The van der Waals surface area contributed by atoms with Crippen LogP contribution in [0.4, 0.5) is 10.1 Å². The van der Waals surface area contributed by atoms with Gasteiger partial charge in [0.15, 0.2) is 6.10 Å². The summed E-state index contributed by atoms with van der Waals surface area (Å²) in [5.41, 5.74) is 2.23. The highest BCUT2D eigenvalue weighted by Gasteiger charge is 2.25. The van der Waals surface area contributed by atoms with E-state index in [4.69, 9.17) is 13.9 Å². The molecule has 0 aliphatic carbocycles. The third kappa shape index (κ3) is 3.83. The predicted molar refractivity (Wildman–Crippen MR) is 102 cm³/mol. The lowest BCUT2D eigenvalue weighted by Crippen LogP contribution is -2.30. The fraction of sp³-hybridized carbons (Fsp3) is 0.238. The Balaban J connectivity index is 1.75. The van der Waals surface area contributed by atoms with Gasteiger partial charge >= 0.3 is 5.97 Å². The number of ether oxygens (including phenoxy) is 2. The molecule has 1 heterocycles. The van der Waals surface area contributed by atoms with Crippen molar-refractivity contribution in [2.45, 2.75) is 26.9 Å². The first kappa shape index (κ1) is 19.4. The average Bonchev–Trinajstić information content (AvgIpc) is 2.98. The fourth-order valence-electron chi connectivity index (χ4n) is 2.81. The third-order valence-electron chi connectivity index (χ3n) is 4.35. The number of furan rings is 1. The van der Waals surface area contributed by atoms with Crippen molar-refractivity contribution in [1.82, 2.24) is 0 Å². The number of carbonyl (C=O) groups is 2. The number of hydrogen-bond acceptors (Lipinski definition) is 5. The minimum atomic E-state index is -1.08. The first-order valence-corrected chi connectivity index (χ1v) is 8.65. The number of fused-ring (bicyclic) bond motifs is 1. The van der Waals surface area contributed by atoms with Crippen LogP contribution in [0.1, 0.15) is 28.6 Å². The summed E-state index contributed by atoms with van der Waals surface area (Å²) in [6.07, 6.45) is -1.08. The molecule has 7 heteroatoms. The van der Waals surface area contributed by atoms with E-state index in [0.717, 1.165) is 5.56 Å². The highest BCUT2D eigenvalue weighted by Crippen LogP contribution is 2.28. The van der Waals surface area contributed by atoms with Gasteiger partial charge in [-0.2, -0.15) is 0 Å². The zero-order valence-corrected chi connectivity index (χ0v) is 16.0. The Labute approximate surface area is 161 Å². The molecule has 1 atom stereocenters. The molecule has 0 aliphatic heterocycles. The first-order valence-electron chi connectivity index (χ1n) is 8.65. The van der Waals surface area contributed by atoms with Crippen LogP contribution in [0.25, 0.3) is 11.0 Å². The number of nitrogens with one attached hydrogen (secondary N) is 1. The fourth-order valence-corrected chi connectivity index (χ4v) is 2.81. The molecule has 6 nitrogen and oxygen atoms in total. The Kier molecular flexibility index (Phi) is 5.35. The van der Waals surface area contributed by atoms with Gasteiger partial charge < -0.3 is 19.2 Å². The van der Waals surface area contributed by atoms with E-state index in [9.17, 15) is 14.0 Å². The number of carbonyl (C=O) groups excluding carboxylic acids is 2. The molecular formula is C21H20FNO5. The third-order valence-corrected chi connectivity index (χ3v) is 4.35. The van der Waals surface area contributed by atoms with Crippen LogP contribution in [0.15, 0.2) is 40.8 Å². The van der Waals surface area contributed by atoms with E-state index in [0.29, 0.717) is 28.0 Å². The highest BCUT2D eigenvalue weighted by atomic mass is 19.1. The Hall–Kier alpha value is -3.35. The van der Waals surface area contributed by atoms with Crippen LogP contribution >= 0.6 is 0 Å². The Morgan fingerprint density at radius 3 is 2.61 bits per heavy atom. The minimum Gasteiger partial charge on any atom is -0.495 e. The zero-order chi connectivity index (χ0) is 20.4. The second kappa shape index (κ2) is 7.72. The number of halogens is 1. The maximum absolute atomic E-state index is 13.4. The number of methoxy groups -OCH3 is 1. The van der Waals surface area contributed by atoms with Gasteiger partial charge in [0.2, 0.25) is 5.76 Å². The van der Waals surface area contributed by atoms with Gasteiger partial charge in [0, 0.05) is 10.9 Å². The monoisotopic (exact) mass is 385 g/mol. The van der Waals surface area contributed by atoms with Gasteiger partial charge in [-0.1, -0.05) is 6.07 Å². The molecule has 1 amide bonds. The number of esters is 1. The molecular weight excluding hydrogens is 365 g/mol. The molecule has 0 aliphatic rings. The number of amides is 1. The number of aryl methyl sites for hydroxylation is 2. The molecule has 3 aromatic rings. The van der Waals surface area contributed by atoms with E-state index in [2.05, 4.69) is 5.32 Å². The molecule has 0 saturated heterocycles. The lowest BCUT2D eigenvalue weighted by molar-refractivity contribution is -0.123. The van der Waals surface area contributed by atoms with Crippen LogP contribution in [0, 0.1) is 19.7 Å². The van der Waals surface area contributed by atoms with Gasteiger partial charge in [0.05, 0.1) is 12.8 Å². The van der Waals surface area contributed by atoms with Crippen LogP contribution in [-0.4, -0.2) is 25.1 Å². The second-order valence-corrected chi connectivity index (χ2v) is 6.44. The van der Waals surface area contributed by atoms with Gasteiger partial charge in [0.25, 0.3) is 5.91 Å². The summed E-state index contributed by atoms with van der Waals surface area (Å²) < 4.78 is 29.4. The summed E-state index contributed by atoms with van der Waals surface area (Å²) >= 11 is 0. The molecule has 146 valence electrons. The number of benzene rings is 2. The van der Waals surface area contributed by atoms with Gasteiger partial charge in [0.1, 0.15) is 17.1 Å². The number of anilines is 1. The second-order valence-electron chi connectivity index (χ2n) is 6.44. The molecule has 1 unspecified atom stereocenters. The molecule has 2 aromatic carbocycles. The van der Waals surface area contributed by atoms with Gasteiger partial charge in [-0.3, -0.25) is 4.79 Å². The van der Waals surface area contributed by atoms with Crippen LogP contribution in [0.3, 0.4) is 0 Å². The van der Waals surface area contributed by atoms with Crippen LogP contribution in [0.5, 0.6) is 5.75 Å². The Morgan fingerprint density at radius 2 is 1.89 bits per heavy atom. The lowest BCUT2D eigenvalue weighted by atomic mass is 10.1. The van der Waals surface area contributed by atoms with Crippen molar-refractivity contribution in [3.05, 3.63) is 59.1 Å². The summed E-state index contributed by atoms with van der Waals surface area (Å²) in [4.78, 5) is 24.9. The summed E-state index contributed by atoms with van der Waals surface area (Å²) in [5.74, 6) is -1.32. The van der Waals surface area contributed by atoms with Crippen molar-refractivity contribution >= 4 is 28.5 Å². The van der Waals surface area contributed by atoms with Gasteiger partial charge in [-0.05, 0) is 56.7 Å². The SMILES string of the molecule is COc1ccc(C)cc1NC(=O)C(C)OC(=O)c1oc2ccc(F)cc2c1C. The maximum atomic E-state index is 13.4. The Morgan fingerprint density at radius 1 is 1.14 bits per heavy atom. The van der Waals surface area contributed by atoms with Crippen molar-refractivity contribution in [3.63, 3.8) is 0 Å². The zero-order valence-electron chi connectivity index (χ0n) is 16.0. The molecule has 0 saturated carbocycles. The molecule has 28 heavy (non-hydrogen) atoms. The van der Waals surface area contributed by atoms with Crippen molar-refractivity contribution in [1.29, 1.82) is 0 Å². The molecule has 0 radical (unpaired) electrons. The molecule has 1 aromatic heterocycles. The van der Waals surface area contributed by atoms with Crippen molar-refractivity contribution < 1.29 is 27.9 Å². The van der Waals surface area contributed by atoms with Gasteiger partial charge in [-0.15, -0.1) is 0 Å². The summed E-state index contributed by atoms with van der Waals surface area (Å²) in [6, 6.07) is 9.30. The van der Waals surface area contributed by atoms with E-state index in [1.54, 1.807) is 19.1 Å². The van der Waals surface area contributed by atoms with Crippen molar-refractivity contribution in [3.8, 4) is 5.75 Å². The lowest BCUT2D eigenvalue weighted by Gasteiger charge is -2.15. The number of hydrogen-bond donors (Lipinski definition) is 1. The van der Waals surface area contributed by atoms with E-state index in [1.165, 1.54) is 32.2 Å². The summed E-state index contributed by atoms with van der Waals surface area (Å²) in [7, 11) is 1.50. The molecule has 0 fully saturated rings. The van der Waals surface area contributed by atoms with Crippen LogP contribution < -0.4 is 10.1 Å². The normalized spacial score (nSPS) is 11.9. The summed E-state index contributed by atoms with van der Waals surface area (Å²) in [5, 5.41) is 3.17. The predicted octanol–water partition coefficient (Wildman–Crippen LogP) is 4.38. The van der Waals surface area contributed by atoms with Gasteiger partial charge in [-0.25, -0.2) is 9.18 Å². The van der Waals surface area contributed by atoms with Crippen LogP contribution in [-0.2, 0) is 9.53 Å².